The number of carbonyl (C=O) groups is 1. The summed E-state index contributed by atoms with van der Waals surface area (Å²) in [6.45, 7) is 16.9. The number of carbonyl (C=O) groups excluding carboxylic acids is 1. The summed E-state index contributed by atoms with van der Waals surface area (Å²) in [7, 11) is 1.85. The number of hydrogen-bond donors (Lipinski definition) is 0. The highest BCUT2D eigenvalue weighted by molar-refractivity contribution is 7.99. The van der Waals surface area contributed by atoms with Crippen molar-refractivity contribution in [1.29, 1.82) is 0 Å². The van der Waals surface area contributed by atoms with E-state index in [-0.39, 0.29) is 5.91 Å². The van der Waals surface area contributed by atoms with Crippen molar-refractivity contribution in [3.05, 3.63) is 0 Å². The second kappa shape index (κ2) is 29.7. The molecule has 1 amide bonds. The molecule has 0 heterocycles. The first kappa shape index (κ1) is 25.6. The SMILES string of the molecule is CC.CC.CC.CCSCCC(=O)N(C)CC. The molecule has 0 aliphatic heterocycles. The summed E-state index contributed by atoms with van der Waals surface area (Å²) < 4.78 is 0. The van der Waals surface area contributed by atoms with E-state index in [1.807, 2.05) is 67.3 Å². The minimum Gasteiger partial charge on any atom is -0.346 e. The van der Waals surface area contributed by atoms with E-state index in [0.717, 1.165) is 18.1 Å². The molecular formula is C14H35NOS. The molecule has 0 aliphatic rings. The van der Waals surface area contributed by atoms with E-state index in [2.05, 4.69) is 6.92 Å². The molecule has 0 N–H and O–H groups in total. The second-order valence-electron chi connectivity index (χ2n) is 2.35. The highest BCUT2D eigenvalue weighted by atomic mass is 32.2. The van der Waals surface area contributed by atoms with Crippen LogP contribution in [0.1, 0.15) is 61.8 Å². The van der Waals surface area contributed by atoms with Crippen molar-refractivity contribution < 1.29 is 4.79 Å². The molecular weight excluding hydrogens is 230 g/mol. The maximum Gasteiger partial charge on any atom is 0.223 e. The summed E-state index contributed by atoms with van der Waals surface area (Å²) in [5, 5.41) is 0. The molecule has 0 aliphatic carbocycles. The average molecular weight is 266 g/mol. The van der Waals surface area contributed by atoms with Gasteiger partial charge in [0.15, 0.2) is 0 Å². The largest absolute Gasteiger partial charge is 0.346 e. The predicted molar refractivity (Wildman–Crippen MR) is 85.0 cm³/mol. The van der Waals surface area contributed by atoms with Gasteiger partial charge in [-0.3, -0.25) is 4.79 Å². The Morgan fingerprint density at radius 2 is 1.41 bits per heavy atom. The van der Waals surface area contributed by atoms with Gasteiger partial charge in [-0.1, -0.05) is 48.5 Å². The predicted octanol–water partition coefficient (Wildman–Crippen LogP) is 4.69. The molecule has 0 aromatic carbocycles. The Hall–Kier alpha value is -0.180. The van der Waals surface area contributed by atoms with Crippen molar-refractivity contribution in [3.8, 4) is 0 Å². The Morgan fingerprint density at radius 1 is 1.00 bits per heavy atom. The number of thioether (sulfide) groups is 1. The Labute approximate surface area is 115 Å². The van der Waals surface area contributed by atoms with Gasteiger partial charge in [-0.2, -0.15) is 11.8 Å². The van der Waals surface area contributed by atoms with E-state index in [9.17, 15) is 4.79 Å². The van der Waals surface area contributed by atoms with Crippen LogP contribution in [-0.2, 0) is 4.79 Å². The van der Waals surface area contributed by atoms with Crippen LogP contribution in [-0.4, -0.2) is 35.9 Å². The maximum absolute atomic E-state index is 11.2. The lowest BCUT2D eigenvalue weighted by molar-refractivity contribution is -0.129. The fraction of sp³-hybridized carbons (Fsp3) is 0.929. The van der Waals surface area contributed by atoms with E-state index in [1.165, 1.54) is 0 Å². The van der Waals surface area contributed by atoms with E-state index < -0.39 is 0 Å². The first-order chi connectivity index (χ1) is 8.22. The third-order valence-corrected chi connectivity index (χ3v) is 2.47. The van der Waals surface area contributed by atoms with Crippen molar-refractivity contribution in [2.75, 3.05) is 25.1 Å². The van der Waals surface area contributed by atoms with E-state index in [4.69, 9.17) is 0 Å². The van der Waals surface area contributed by atoms with Crippen LogP contribution in [0.25, 0.3) is 0 Å². The number of rotatable bonds is 5. The topological polar surface area (TPSA) is 20.3 Å². The monoisotopic (exact) mass is 265 g/mol. The minimum absolute atomic E-state index is 0.258. The highest BCUT2D eigenvalue weighted by Gasteiger charge is 2.04. The van der Waals surface area contributed by atoms with Gasteiger partial charge >= 0.3 is 0 Å². The Bertz CT molecular complexity index is 119. The molecule has 0 aromatic heterocycles. The van der Waals surface area contributed by atoms with Crippen molar-refractivity contribution in [3.63, 3.8) is 0 Å². The van der Waals surface area contributed by atoms with Crippen LogP contribution in [0.5, 0.6) is 0 Å². The number of amides is 1. The summed E-state index contributed by atoms with van der Waals surface area (Å²) >= 11 is 1.82. The quantitative estimate of drug-likeness (QED) is 0.672. The molecule has 2 nitrogen and oxygen atoms in total. The molecule has 0 atom stereocenters. The van der Waals surface area contributed by atoms with Crippen LogP contribution in [0.15, 0.2) is 0 Å². The molecule has 0 saturated carbocycles. The fourth-order valence-electron chi connectivity index (χ4n) is 0.671. The molecule has 108 valence electrons. The molecule has 0 aromatic rings. The van der Waals surface area contributed by atoms with Gasteiger partial charge in [-0.25, -0.2) is 0 Å². The standard InChI is InChI=1S/C8H17NOS.3C2H6/c1-4-9(3)8(10)6-7-11-5-2;3*1-2/h4-7H2,1-3H3;3*1-2H3. The molecule has 0 bridgehead atoms. The Morgan fingerprint density at radius 3 is 1.71 bits per heavy atom. The second-order valence-corrected chi connectivity index (χ2v) is 3.75. The molecule has 17 heavy (non-hydrogen) atoms. The zero-order chi connectivity index (χ0) is 14.7. The lowest BCUT2D eigenvalue weighted by Crippen LogP contribution is -2.26. The van der Waals surface area contributed by atoms with Crippen LogP contribution < -0.4 is 0 Å². The van der Waals surface area contributed by atoms with Crippen LogP contribution in [0.4, 0.5) is 0 Å². The van der Waals surface area contributed by atoms with Gasteiger partial charge in [0.2, 0.25) is 5.91 Å². The molecule has 0 fully saturated rings. The number of nitrogens with zero attached hydrogens (tertiary/aromatic N) is 1. The van der Waals surface area contributed by atoms with Gasteiger partial charge in [0.25, 0.3) is 0 Å². The van der Waals surface area contributed by atoms with Crippen LogP contribution in [0, 0.1) is 0 Å². The minimum atomic E-state index is 0.258. The van der Waals surface area contributed by atoms with Crippen LogP contribution >= 0.6 is 11.8 Å². The summed E-state index contributed by atoms with van der Waals surface area (Å²) in [6.07, 6.45) is 0.683. The van der Waals surface area contributed by atoms with Crippen molar-refractivity contribution in [2.45, 2.75) is 61.8 Å². The Balaban J connectivity index is -0.000000121. The van der Waals surface area contributed by atoms with E-state index >= 15 is 0 Å². The summed E-state index contributed by atoms with van der Waals surface area (Å²) in [5.41, 5.74) is 0. The van der Waals surface area contributed by atoms with Gasteiger partial charge in [-0.15, -0.1) is 0 Å². The molecule has 0 rings (SSSR count). The smallest absolute Gasteiger partial charge is 0.223 e. The summed E-state index contributed by atoms with van der Waals surface area (Å²) in [6, 6.07) is 0. The van der Waals surface area contributed by atoms with Crippen molar-refractivity contribution in [1.82, 2.24) is 4.90 Å². The summed E-state index contributed by atoms with van der Waals surface area (Å²) in [5.74, 6) is 2.32. The molecule has 0 unspecified atom stereocenters. The van der Waals surface area contributed by atoms with Gasteiger partial charge in [0.05, 0.1) is 0 Å². The van der Waals surface area contributed by atoms with Crippen LogP contribution in [0.3, 0.4) is 0 Å². The molecule has 0 saturated heterocycles. The lowest BCUT2D eigenvalue weighted by Gasteiger charge is -2.13. The zero-order valence-electron chi connectivity index (χ0n) is 13.6. The highest BCUT2D eigenvalue weighted by Crippen LogP contribution is 2.02. The van der Waals surface area contributed by atoms with Gasteiger partial charge < -0.3 is 4.90 Å². The zero-order valence-corrected chi connectivity index (χ0v) is 14.4. The fourth-order valence-corrected chi connectivity index (χ4v) is 1.28. The van der Waals surface area contributed by atoms with Crippen molar-refractivity contribution in [2.24, 2.45) is 0 Å². The molecule has 3 heteroatoms. The first-order valence-corrected chi connectivity index (χ1v) is 8.19. The lowest BCUT2D eigenvalue weighted by atomic mass is 10.4. The van der Waals surface area contributed by atoms with Crippen molar-refractivity contribution >= 4 is 17.7 Å². The third kappa shape index (κ3) is 25.8. The van der Waals surface area contributed by atoms with E-state index in [1.54, 1.807) is 4.90 Å². The van der Waals surface area contributed by atoms with Crippen LogP contribution in [0.2, 0.25) is 0 Å². The Kier molecular flexibility index (Phi) is 44.7. The van der Waals surface area contributed by atoms with Gasteiger partial charge in [0.1, 0.15) is 0 Å². The average Bonchev–Trinajstić information content (AvgIpc) is 2.44. The molecule has 0 spiro atoms. The third-order valence-electron chi connectivity index (χ3n) is 1.56. The summed E-state index contributed by atoms with van der Waals surface area (Å²) in [4.78, 5) is 12.9. The van der Waals surface area contributed by atoms with Gasteiger partial charge in [-0.05, 0) is 12.7 Å². The maximum atomic E-state index is 11.2. The number of hydrogen-bond acceptors (Lipinski definition) is 2. The van der Waals surface area contributed by atoms with E-state index in [0.29, 0.717) is 6.42 Å². The first-order valence-electron chi connectivity index (χ1n) is 7.04. The van der Waals surface area contributed by atoms with Gasteiger partial charge in [0, 0.05) is 25.8 Å². The normalized spacial score (nSPS) is 7.35. The molecule has 0 radical (unpaired) electrons.